The molecule has 0 unspecified atom stereocenters. The molecule has 5 heteroatoms. The maximum atomic E-state index is 11.7. The predicted octanol–water partition coefficient (Wildman–Crippen LogP) is 2.47. The van der Waals surface area contributed by atoms with E-state index >= 15 is 0 Å². The highest BCUT2D eigenvalue weighted by Crippen LogP contribution is 2.47. The van der Waals surface area contributed by atoms with Crippen molar-refractivity contribution in [1.82, 2.24) is 10.6 Å². The molecule has 1 saturated carbocycles. The number of carbonyl (C=O) groups excluding carboxylic acids is 1. The molecule has 0 radical (unpaired) electrons. The molecule has 1 spiro atoms. The maximum absolute atomic E-state index is 11.7. The third kappa shape index (κ3) is 3.51. The van der Waals surface area contributed by atoms with Crippen LogP contribution in [0.4, 0.5) is 4.79 Å². The zero-order chi connectivity index (χ0) is 12.5. The Morgan fingerprint density at radius 2 is 1.89 bits per heavy atom. The van der Waals surface area contributed by atoms with Crippen molar-refractivity contribution >= 4 is 18.5 Å². The fourth-order valence-corrected chi connectivity index (χ4v) is 2.90. The van der Waals surface area contributed by atoms with Crippen LogP contribution in [-0.2, 0) is 4.74 Å². The van der Waals surface area contributed by atoms with Crippen molar-refractivity contribution in [3.63, 3.8) is 0 Å². The average Bonchev–Trinajstić information content (AvgIpc) is 2.23. The van der Waals surface area contributed by atoms with Gasteiger partial charge in [0.1, 0.15) is 5.60 Å². The highest BCUT2D eigenvalue weighted by Gasteiger charge is 2.47. The van der Waals surface area contributed by atoms with Gasteiger partial charge in [-0.2, -0.15) is 0 Å². The number of piperidine rings is 1. The minimum Gasteiger partial charge on any atom is -0.444 e. The molecule has 4 nitrogen and oxygen atoms in total. The lowest BCUT2D eigenvalue weighted by Gasteiger charge is -2.52. The van der Waals surface area contributed by atoms with Crippen molar-refractivity contribution < 1.29 is 9.53 Å². The molecule has 1 saturated heterocycles. The summed E-state index contributed by atoms with van der Waals surface area (Å²) in [6.45, 7) is 7.84. The molecule has 2 aliphatic rings. The zero-order valence-electron chi connectivity index (χ0n) is 11.5. The first-order valence-electron chi connectivity index (χ1n) is 6.62. The van der Waals surface area contributed by atoms with Crippen molar-refractivity contribution in [2.24, 2.45) is 5.41 Å². The lowest BCUT2D eigenvalue weighted by atomic mass is 9.59. The van der Waals surface area contributed by atoms with Crippen LogP contribution < -0.4 is 10.6 Å². The lowest BCUT2D eigenvalue weighted by molar-refractivity contribution is 0.00811. The number of rotatable bonds is 1. The number of alkyl carbamates (subject to hydrolysis) is 1. The van der Waals surface area contributed by atoms with Crippen LogP contribution in [0.2, 0.25) is 0 Å². The van der Waals surface area contributed by atoms with Crippen LogP contribution in [0.15, 0.2) is 0 Å². The molecule has 0 bridgehead atoms. The topological polar surface area (TPSA) is 50.4 Å². The molecule has 2 fully saturated rings. The van der Waals surface area contributed by atoms with Gasteiger partial charge in [-0.05, 0) is 65.0 Å². The maximum Gasteiger partial charge on any atom is 0.407 e. The molecule has 0 aromatic heterocycles. The quantitative estimate of drug-likeness (QED) is 0.774. The van der Waals surface area contributed by atoms with Crippen molar-refractivity contribution in [2.75, 3.05) is 13.1 Å². The minimum atomic E-state index is -0.408. The Balaban J connectivity index is 0.00000162. The molecule has 18 heavy (non-hydrogen) atoms. The van der Waals surface area contributed by atoms with Crippen LogP contribution >= 0.6 is 12.4 Å². The van der Waals surface area contributed by atoms with Crippen LogP contribution in [0, 0.1) is 5.41 Å². The van der Waals surface area contributed by atoms with Gasteiger partial charge in [-0.15, -0.1) is 12.4 Å². The van der Waals surface area contributed by atoms with E-state index in [1.807, 2.05) is 20.8 Å². The van der Waals surface area contributed by atoms with Crippen LogP contribution in [0.1, 0.15) is 46.5 Å². The summed E-state index contributed by atoms with van der Waals surface area (Å²) in [6.07, 6.45) is 4.43. The van der Waals surface area contributed by atoms with Gasteiger partial charge in [0.15, 0.2) is 0 Å². The fourth-order valence-electron chi connectivity index (χ4n) is 2.90. The monoisotopic (exact) mass is 276 g/mol. The highest BCUT2D eigenvalue weighted by atomic mass is 35.5. The third-order valence-electron chi connectivity index (χ3n) is 3.96. The van der Waals surface area contributed by atoms with Gasteiger partial charge < -0.3 is 15.4 Å². The van der Waals surface area contributed by atoms with Gasteiger partial charge in [0, 0.05) is 6.04 Å². The van der Waals surface area contributed by atoms with E-state index in [-0.39, 0.29) is 18.5 Å². The summed E-state index contributed by atoms with van der Waals surface area (Å²) >= 11 is 0. The Bertz CT molecular complexity index is 296. The molecule has 1 atom stereocenters. The van der Waals surface area contributed by atoms with E-state index in [9.17, 15) is 4.79 Å². The first kappa shape index (κ1) is 15.6. The van der Waals surface area contributed by atoms with Crippen LogP contribution in [0.3, 0.4) is 0 Å². The van der Waals surface area contributed by atoms with E-state index in [1.165, 1.54) is 19.3 Å². The number of nitrogens with one attached hydrogen (secondary N) is 2. The van der Waals surface area contributed by atoms with E-state index < -0.39 is 5.60 Å². The van der Waals surface area contributed by atoms with Gasteiger partial charge in [-0.1, -0.05) is 0 Å². The number of ether oxygens (including phenoxy) is 1. The third-order valence-corrected chi connectivity index (χ3v) is 3.96. The number of amides is 1. The Labute approximate surface area is 116 Å². The van der Waals surface area contributed by atoms with E-state index in [1.54, 1.807) is 0 Å². The summed E-state index contributed by atoms with van der Waals surface area (Å²) in [4.78, 5) is 11.7. The summed E-state index contributed by atoms with van der Waals surface area (Å²) in [5.41, 5.74) is -0.0583. The van der Waals surface area contributed by atoms with Crippen LogP contribution in [-0.4, -0.2) is 30.8 Å². The fraction of sp³-hybridized carbons (Fsp3) is 0.923. The summed E-state index contributed by atoms with van der Waals surface area (Å²) < 4.78 is 5.31. The second-order valence-corrected chi connectivity index (χ2v) is 6.35. The first-order valence-corrected chi connectivity index (χ1v) is 6.62. The molecule has 2 N–H and O–H groups in total. The molecule has 2 rings (SSSR count). The summed E-state index contributed by atoms with van der Waals surface area (Å²) in [6, 6.07) is 0.319. The zero-order valence-corrected chi connectivity index (χ0v) is 12.4. The predicted molar refractivity (Wildman–Crippen MR) is 74.2 cm³/mol. The highest BCUT2D eigenvalue weighted by molar-refractivity contribution is 5.85. The Morgan fingerprint density at radius 3 is 2.33 bits per heavy atom. The second-order valence-electron chi connectivity index (χ2n) is 6.35. The normalized spacial score (nSPS) is 25.8. The number of carbonyl (C=O) groups is 1. The molecule has 0 aromatic carbocycles. The Morgan fingerprint density at radius 1 is 1.28 bits per heavy atom. The average molecular weight is 277 g/mol. The number of hydrogen-bond donors (Lipinski definition) is 2. The van der Waals surface area contributed by atoms with E-state index in [0.29, 0.717) is 11.5 Å². The largest absolute Gasteiger partial charge is 0.444 e. The molecule has 1 amide bonds. The van der Waals surface area contributed by atoms with E-state index in [2.05, 4.69) is 10.6 Å². The molecule has 106 valence electrons. The summed E-state index contributed by atoms with van der Waals surface area (Å²) in [5, 5.41) is 6.42. The summed E-state index contributed by atoms with van der Waals surface area (Å²) in [5.74, 6) is 0. The van der Waals surface area contributed by atoms with Crippen LogP contribution in [0.25, 0.3) is 0 Å². The van der Waals surface area contributed by atoms with Crippen molar-refractivity contribution in [3.8, 4) is 0 Å². The number of hydrogen-bond acceptors (Lipinski definition) is 3. The molecule has 0 aromatic rings. The number of halogens is 1. The first-order chi connectivity index (χ1) is 7.91. The van der Waals surface area contributed by atoms with Crippen molar-refractivity contribution in [2.45, 2.75) is 58.1 Å². The van der Waals surface area contributed by atoms with Crippen molar-refractivity contribution in [3.05, 3.63) is 0 Å². The van der Waals surface area contributed by atoms with E-state index in [4.69, 9.17) is 4.74 Å². The van der Waals surface area contributed by atoms with Gasteiger partial charge in [0.25, 0.3) is 0 Å². The molecular formula is C13H25ClN2O2. The van der Waals surface area contributed by atoms with Crippen molar-refractivity contribution in [1.29, 1.82) is 0 Å². The van der Waals surface area contributed by atoms with Gasteiger partial charge in [-0.25, -0.2) is 4.79 Å². The van der Waals surface area contributed by atoms with E-state index in [0.717, 1.165) is 19.5 Å². The molecule has 1 aliphatic carbocycles. The summed E-state index contributed by atoms with van der Waals surface area (Å²) in [7, 11) is 0. The molecule has 1 aliphatic heterocycles. The minimum absolute atomic E-state index is 0. The van der Waals surface area contributed by atoms with Gasteiger partial charge in [0.05, 0.1) is 0 Å². The smallest absolute Gasteiger partial charge is 0.407 e. The van der Waals surface area contributed by atoms with Gasteiger partial charge in [-0.3, -0.25) is 0 Å². The van der Waals surface area contributed by atoms with Gasteiger partial charge in [0.2, 0.25) is 0 Å². The SMILES string of the molecule is CC(C)(C)OC(=O)N[C@H]1CCC12CCNCC2.Cl. The standard InChI is InChI=1S/C13H24N2O2.ClH/c1-12(2,3)17-11(16)15-10-4-5-13(10)6-8-14-9-7-13;/h10,14H,4-9H2,1-3H3,(H,15,16);1H/t10-;/m0./s1. The Hall–Kier alpha value is -0.480. The van der Waals surface area contributed by atoms with Crippen LogP contribution in [0.5, 0.6) is 0 Å². The second kappa shape index (κ2) is 5.66. The Kier molecular flexibility index (Phi) is 4.90. The molecule has 1 heterocycles. The lowest BCUT2D eigenvalue weighted by Crippen LogP contribution is -2.59. The molecular weight excluding hydrogens is 252 g/mol. The van der Waals surface area contributed by atoms with Gasteiger partial charge >= 0.3 is 6.09 Å².